The summed E-state index contributed by atoms with van der Waals surface area (Å²) >= 11 is 0. The van der Waals surface area contributed by atoms with Crippen LogP contribution in [0.1, 0.15) is 13.8 Å². The average Bonchev–Trinajstić information content (AvgIpc) is 2.74. The van der Waals surface area contributed by atoms with Crippen LogP contribution in [0.25, 0.3) is 0 Å². The van der Waals surface area contributed by atoms with E-state index in [1.54, 1.807) is 11.9 Å². The average molecular weight is 230 g/mol. The van der Waals surface area contributed by atoms with Crippen LogP contribution in [-0.4, -0.2) is 61.4 Å². The lowest BCUT2D eigenvalue weighted by Crippen LogP contribution is -2.52. The van der Waals surface area contributed by atoms with Crippen LogP contribution >= 0.6 is 0 Å². The fraction of sp³-hybridized carbons (Fsp3) is 0.909. The first-order valence-electron chi connectivity index (χ1n) is 5.57. The van der Waals surface area contributed by atoms with Crippen molar-refractivity contribution in [3.63, 3.8) is 0 Å². The Bertz CT molecular complexity index is 252. The van der Waals surface area contributed by atoms with E-state index in [4.69, 9.17) is 4.74 Å². The number of aliphatic hydroxyl groups is 1. The molecule has 2 N–H and O–H groups in total. The monoisotopic (exact) mass is 230 g/mol. The molecule has 2 unspecified atom stereocenters. The van der Waals surface area contributed by atoms with Gasteiger partial charge in [0.05, 0.1) is 31.3 Å². The number of nitrogens with one attached hydrogen (secondary N) is 1. The molecule has 16 heavy (non-hydrogen) atoms. The third kappa shape index (κ3) is 2.53. The molecule has 1 rings (SSSR count). The number of likely N-dealkylation sites (N-methyl/N-ethyl adjacent to an activating group) is 2. The zero-order valence-corrected chi connectivity index (χ0v) is 10.5. The minimum absolute atomic E-state index is 0.0240. The lowest BCUT2D eigenvalue weighted by molar-refractivity contribution is -0.140. The van der Waals surface area contributed by atoms with Crippen molar-refractivity contribution in [2.75, 3.05) is 33.9 Å². The molecular formula is C11H22N2O3. The Balaban J connectivity index is 2.70. The van der Waals surface area contributed by atoms with Crippen LogP contribution in [0.4, 0.5) is 0 Å². The minimum Gasteiger partial charge on any atom is -0.394 e. The molecule has 1 amide bonds. The second-order valence-corrected chi connectivity index (χ2v) is 4.91. The molecule has 1 heterocycles. The predicted molar refractivity (Wildman–Crippen MR) is 61.1 cm³/mol. The number of nitrogens with zero attached hydrogens (tertiary/aromatic N) is 1. The zero-order valence-electron chi connectivity index (χ0n) is 10.5. The van der Waals surface area contributed by atoms with Crippen LogP contribution < -0.4 is 5.32 Å². The van der Waals surface area contributed by atoms with Crippen molar-refractivity contribution in [1.29, 1.82) is 0 Å². The maximum atomic E-state index is 12.2. The summed E-state index contributed by atoms with van der Waals surface area (Å²) in [4.78, 5) is 13.8. The van der Waals surface area contributed by atoms with Crippen molar-refractivity contribution >= 4 is 5.91 Å². The third-order valence-electron chi connectivity index (χ3n) is 3.39. The molecule has 2 atom stereocenters. The van der Waals surface area contributed by atoms with Gasteiger partial charge in [-0.05, 0) is 20.9 Å². The molecule has 0 saturated carbocycles. The SMILES string of the molecule is CNC1COCC1C(=O)N(C)C(C)(C)CO. The van der Waals surface area contributed by atoms with E-state index >= 15 is 0 Å². The summed E-state index contributed by atoms with van der Waals surface area (Å²) in [7, 11) is 3.56. The fourth-order valence-corrected chi connectivity index (χ4v) is 1.74. The van der Waals surface area contributed by atoms with Gasteiger partial charge in [-0.1, -0.05) is 0 Å². The number of aliphatic hydroxyl groups excluding tert-OH is 1. The predicted octanol–water partition coefficient (Wildman–Crippen LogP) is -0.550. The van der Waals surface area contributed by atoms with Gasteiger partial charge < -0.3 is 20.1 Å². The lowest BCUT2D eigenvalue weighted by atomic mass is 9.98. The van der Waals surface area contributed by atoms with Gasteiger partial charge in [-0.2, -0.15) is 0 Å². The van der Waals surface area contributed by atoms with Gasteiger partial charge in [0, 0.05) is 13.1 Å². The van der Waals surface area contributed by atoms with Crippen molar-refractivity contribution in [3.05, 3.63) is 0 Å². The largest absolute Gasteiger partial charge is 0.394 e. The number of hydrogen-bond donors (Lipinski definition) is 2. The Labute approximate surface area is 96.8 Å². The van der Waals surface area contributed by atoms with E-state index < -0.39 is 5.54 Å². The quantitative estimate of drug-likeness (QED) is 0.680. The highest BCUT2D eigenvalue weighted by molar-refractivity contribution is 5.80. The molecule has 0 aromatic carbocycles. The van der Waals surface area contributed by atoms with Gasteiger partial charge in [-0.3, -0.25) is 4.79 Å². The molecule has 1 aliphatic rings. The van der Waals surface area contributed by atoms with E-state index in [1.165, 1.54) is 0 Å². The molecule has 1 aliphatic heterocycles. The first kappa shape index (κ1) is 13.4. The van der Waals surface area contributed by atoms with Crippen LogP contribution in [0.15, 0.2) is 0 Å². The summed E-state index contributed by atoms with van der Waals surface area (Å²) in [5, 5.41) is 12.3. The molecule has 5 nitrogen and oxygen atoms in total. The summed E-state index contributed by atoms with van der Waals surface area (Å²) in [6.07, 6.45) is 0. The third-order valence-corrected chi connectivity index (χ3v) is 3.39. The van der Waals surface area contributed by atoms with Crippen molar-refractivity contribution < 1.29 is 14.6 Å². The van der Waals surface area contributed by atoms with Crippen LogP contribution in [0.3, 0.4) is 0 Å². The molecule has 1 saturated heterocycles. The summed E-state index contributed by atoms with van der Waals surface area (Å²) in [5.74, 6) is -0.128. The van der Waals surface area contributed by atoms with Crippen LogP contribution in [0.2, 0.25) is 0 Å². The highest BCUT2D eigenvalue weighted by Crippen LogP contribution is 2.20. The highest BCUT2D eigenvalue weighted by Gasteiger charge is 2.38. The molecule has 5 heteroatoms. The summed E-state index contributed by atoms with van der Waals surface area (Å²) in [6.45, 7) is 4.66. The van der Waals surface area contributed by atoms with Gasteiger partial charge in [0.15, 0.2) is 0 Å². The highest BCUT2D eigenvalue weighted by atomic mass is 16.5. The second-order valence-electron chi connectivity index (χ2n) is 4.91. The first-order valence-corrected chi connectivity index (χ1v) is 5.57. The van der Waals surface area contributed by atoms with E-state index in [9.17, 15) is 9.90 Å². The van der Waals surface area contributed by atoms with Gasteiger partial charge >= 0.3 is 0 Å². The maximum Gasteiger partial charge on any atom is 0.229 e. The van der Waals surface area contributed by atoms with E-state index in [2.05, 4.69) is 5.32 Å². The number of rotatable bonds is 4. The summed E-state index contributed by atoms with van der Waals surface area (Å²) in [6, 6.07) is 0.0736. The van der Waals surface area contributed by atoms with Crippen molar-refractivity contribution in [2.24, 2.45) is 5.92 Å². The van der Waals surface area contributed by atoms with Gasteiger partial charge in [-0.15, -0.1) is 0 Å². The number of hydrogen-bond acceptors (Lipinski definition) is 4. The molecule has 0 radical (unpaired) electrons. The number of ether oxygens (including phenoxy) is 1. The van der Waals surface area contributed by atoms with E-state index in [1.807, 2.05) is 20.9 Å². The molecule has 0 aliphatic carbocycles. The fourth-order valence-electron chi connectivity index (χ4n) is 1.74. The van der Waals surface area contributed by atoms with Gasteiger partial charge in [0.25, 0.3) is 0 Å². The smallest absolute Gasteiger partial charge is 0.229 e. The van der Waals surface area contributed by atoms with Crippen LogP contribution in [0, 0.1) is 5.92 Å². The van der Waals surface area contributed by atoms with Crippen molar-refractivity contribution in [3.8, 4) is 0 Å². The second kappa shape index (κ2) is 5.12. The standard InChI is InChI=1S/C11H22N2O3/c1-11(2,7-14)13(4)10(15)8-5-16-6-9(8)12-3/h8-9,12,14H,5-7H2,1-4H3. The van der Waals surface area contributed by atoms with Crippen molar-refractivity contribution in [2.45, 2.75) is 25.4 Å². The first-order chi connectivity index (χ1) is 7.44. The van der Waals surface area contributed by atoms with Crippen LogP contribution in [0.5, 0.6) is 0 Å². The topological polar surface area (TPSA) is 61.8 Å². The Morgan fingerprint density at radius 2 is 2.19 bits per heavy atom. The number of carbonyl (C=O) groups is 1. The number of amides is 1. The molecule has 0 aromatic heterocycles. The zero-order chi connectivity index (χ0) is 12.3. The van der Waals surface area contributed by atoms with Crippen LogP contribution in [-0.2, 0) is 9.53 Å². The Morgan fingerprint density at radius 3 is 2.69 bits per heavy atom. The lowest BCUT2D eigenvalue weighted by Gasteiger charge is -2.36. The van der Waals surface area contributed by atoms with Gasteiger partial charge in [0.1, 0.15) is 0 Å². The van der Waals surface area contributed by atoms with Crippen molar-refractivity contribution in [1.82, 2.24) is 10.2 Å². The van der Waals surface area contributed by atoms with E-state index in [0.717, 1.165) is 0 Å². The maximum absolute atomic E-state index is 12.2. The number of carbonyl (C=O) groups excluding carboxylic acids is 1. The molecular weight excluding hydrogens is 208 g/mol. The van der Waals surface area contributed by atoms with E-state index in [0.29, 0.717) is 13.2 Å². The summed E-state index contributed by atoms with van der Waals surface area (Å²) < 4.78 is 5.31. The minimum atomic E-state index is -0.530. The Morgan fingerprint density at radius 1 is 1.56 bits per heavy atom. The Hall–Kier alpha value is -0.650. The van der Waals surface area contributed by atoms with E-state index in [-0.39, 0.29) is 24.5 Å². The molecule has 0 spiro atoms. The molecule has 0 bridgehead atoms. The van der Waals surface area contributed by atoms with Gasteiger partial charge in [0.2, 0.25) is 5.91 Å². The molecule has 1 fully saturated rings. The van der Waals surface area contributed by atoms with Gasteiger partial charge in [-0.25, -0.2) is 0 Å². The normalized spacial score (nSPS) is 25.8. The molecule has 94 valence electrons. The summed E-state index contributed by atoms with van der Waals surface area (Å²) in [5.41, 5.74) is -0.530. The Kier molecular flexibility index (Phi) is 4.29. The molecule has 0 aromatic rings.